The molecule has 0 spiro atoms. The second-order valence-electron chi connectivity index (χ2n) is 9.56. The topological polar surface area (TPSA) is 133 Å². The van der Waals surface area contributed by atoms with Gasteiger partial charge in [0.05, 0.1) is 6.17 Å². The lowest BCUT2D eigenvalue weighted by molar-refractivity contribution is -0.134. The molecule has 1 saturated heterocycles. The SMILES string of the molecule is CSC1CC(NCOC=O)N(C(=O)CCCCC(CCSC(=O)c2ccc(O)cc2)SC(=O)c2ccc(O)cc2)C1. The molecule has 1 aliphatic rings. The molecule has 3 atom stereocenters. The van der Waals surface area contributed by atoms with Crippen LogP contribution in [0.1, 0.15) is 59.2 Å². The molecule has 222 valence electrons. The highest BCUT2D eigenvalue weighted by molar-refractivity contribution is 8.15. The van der Waals surface area contributed by atoms with Crippen molar-refractivity contribution in [3.05, 3.63) is 59.7 Å². The van der Waals surface area contributed by atoms with E-state index in [0.717, 1.165) is 12.8 Å². The number of hydrogen-bond donors (Lipinski definition) is 3. The van der Waals surface area contributed by atoms with Crippen LogP contribution in [0.4, 0.5) is 0 Å². The number of aromatic hydroxyl groups is 2. The van der Waals surface area contributed by atoms with E-state index in [9.17, 15) is 29.4 Å². The summed E-state index contributed by atoms with van der Waals surface area (Å²) in [6.07, 6.45) is 5.76. The zero-order valence-electron chi connectivity index (χ0n) is 22.9. The number of hydrogen-bond acceptors (Lipinski definition) is 11. The summed E-state index contributed by atoms with van der Waals surface area (Å²) < 4.78 is 4.75. The molecule has 1 aliphatic heterocycles. The molecular formula is C29H36N2O7S3. The summed E-state index contributed by atoms with van der Waals surface area (Å²) in [6, 6.07) is 12.3. The Balaban J connectivity index is 1.52. The normalized spacial score (nSPS) is 17.2. The fourth-order valence-electron chi connectivity index (χ4n) is 4.45. The Hall–Kier alpha value is -2.67. The van der Waals surface area contributed by atoms with Gasteiger partial charge in [-0.25, -0.2) is 0 Å². The van der Waals surface area contributed by atoms with E-state index in [-0.39, 0.29) is 45.8 Å². The number of carbonyl (C=O) groups excluding carboxylic acids is 4. The predicted molar refractivity (Wildman–Crippen MR) is 164 cm³/mol. The van der Waals surface area contributed by atoms with Crippen molar-refractivity contribution in [2.24, 2.45) is 0 Å². The molecule has 2 aromatic rings. The molecule has 41 heavy (non-hydrogen) atoms. The average molecular weight is 621 g/mol. The first kappa shape index (κ1) is 32.8. The molecule has 3 N–H and O–H groups in total. The Morgan fingerprint density at radius 3 is 2.24 bits per heavy atom. The van der Waals surface area contributed by atoms with Crippen molar-refractivity contribution < 1.29 is 34.1 Å². The van der Waals surface area contributed by atoms with E-state index < -0.39 is 0 Å². The Kier molecular flexibility index (Phi) is 13.9. The number of unbranched alkanes of at least 4 members (excludes halogenated alkanes) is 1. The molecule has 0 bridgehead atoms. The maximum atomic E-state index is 13.0. The lowest BCUT2D eigenvalue weighted by Crippen LogP contribution is -2.45. The maximum Gasteiger partial charge on any atom is 0.294 e. The van der Waals surface area contributed by atoms with Crippen LogP contribution in [0.15, 0.2) is 48.5 Å². The van der Waals surface area contributed by atoms with E-state index in [2.05, 4.69) is 5.32 Å². The van der Waals surface area contributed by atoms with E-state index in [0.29, 0.717) is 60.8 Å². The zero-order valence-corrected chi connectivity index (χ0v) is 25.3. The third kappa shape index (κ3) is 10.9. The Labute approximate surface area is 253 Å². The minimum absolute atomic E-state index is 0.0459. The highest BCUT2D eigenvalue weighted by Crippen LogP contribution is 2.29. The molecule has 1 heterocycles. The van der Waals surface area contributed by atoms with Crippen LogP contribution < -0.4 is 5.32 Å². The largest absolute Gasteiger partial charge is 0.508 e. The van der Waals surface area contributed by atoms with Gasteiger partial charge < -0.3 is 19.8 Å². The van der Waals surface area contributed by atoms with Gasteiger partial charge in [-0.05, 0) is 80.5 Å². The van der Waals surface area contributed by atoms with Crippen LogP contribution in [-0.4, -0.2) is 79.7 Å². The summed E-state index contributed by atoms with van der Waals surface area (Å²) in [5.41, 5.74) is 1.00. The van der Waals surface area contributed by atoms with Crippen LogP contribution in [0, 0.1) is 0 Å². The van der Waals surface area contributed by atoms with Crippen LogP contribution in [0.25, 0.3) is 0 Å². The van der Waals surface area contributed by atoms with Crippen molar-refractivity contribution in [1.82, 2.24) is 10.2 Å². The number of ether oxygens (including phenoxy) is 1. The van der Waals surface area contributed by atoms with Crippen molar-refractivity contribution in [2.75, 3.05) is 25.3 Å². The maximum absolute atomic E-state index is 13.0. The van der Waals surface area contributed by atoms with Gasteiger partial charge in [0.15, 0.2) is 0 Å². The van der Waals surface area contributed by atoms with E-state index in [4.69, 9.17) is 4.74 Å². The number of rotatable bonds is 16. The molecular weight excluding hydrogens is 585 g/mol. The minimum atomic E-state index is -0.172. The highest BCUT2D eigenvalue weighted by Gasteiger charge is 2.34. The Morgan fingerprint density at radius 1 is 1.00 bits per heavy atom. The molecule has 3 unspecified atom stereocenters. The van der Waals surface area contributed by atoms with Crippen molar-refractivity contribution in [3.63, 3.8) is 0 Å². The molecule has 0 saturated carbocycles. The number of benzene rings is 2. The number of nitrogens with one attached hydrogen (secondary N) is 1. The second-order valence-corrected chi connectivity index (χ2v) is 13.0. The number of nitrogens with zero attached hydrogens (tertiary/aromatic N) is 1. The van der Waals surface area contributed by atoms with Crippen molar-refractivity contribution in [3.8, 4) is 11.5 Å². The Morgan fingerprint density at radius 2 is 1.63 bits per heavy atom. The third-order valence-corrected chi connectivity index (χ3v) is 9.91. The first-order valence-electron chi connectivity index (χ1n) is 13.4. The number of likely N-dealkylation sites (tertiary alicyclic amines) is 1. The molecule has 0 aliphatic carbocycles. The number of phenols is 2. The van der Waals surface area contributed by atoms with Gasteiger partial charge in [0.2, 0.25) is 16.1 Å². The fourth-order valence-corrected chi connectivity index (χ4v) is 7.27. The van der Waals surface area contributed by atoms with E-state index in [1.54, 1.807) is 36.0 Å². The summed E-state index contributed by atoms with van der Waals surface area (Å²) in [6.45, 7) is 1.08. The van der Waals surface area contributed by atoms with Crippen molar-refractivity contribution >= 4 is 57.9 Å². The molecule has 0 radical (unpaired) electrons. The molecule has 1 fully saturated rings. The van der Waals surface area contributed by atoms with Gasteiger partial charge in [-0.2, -0.15) is 11.8 Å². The smallest absolute Gasteiger partial charge is 0.294 e. The van der Waals surface area contributed by atoms with Gasteiger partial charge in [0.25, 0.3) is 6.47 Å². The summed E-state index contributed by atoms with van der Waals surface area (Å²) in [4.78, 5) is 50.8. The van der Waals surface area contributed by atoms with Gasteiger partial charge in [0, 0.05) is 40.3 Å². The van der Waals surface area contributed by atoms with Crippen LogP contribution in [0.5, 0.6) is 11.5 Å². The van der Waals surface area contributed by atoms with Gasteiger partial charge in [-0.3, -0.25) is 24.5 Å². The minimum Gasteiger partial charge on any atom is -0.508 e. The summed E-state index contributed by atoms with van der Waals surface area (Å²) in [5.74, 6) is 0.762. The predicted octanol–water partition coefficient (Wildman–Crippen LogP) is 4.87. The van der Waals surface area contributed by atoms with Gasteiger partial charge in [-0.15, -0.1) is 0 Å². The van der Waals surface area contributed by atoms with E-state index in [1.807, 2.05) is 11.2 Å². The summed E-state index contributed by atoms with van der Waals surface area (Å²) in [5, 5.41) is 22.2. The van der Waals surface area contributed by atoms with Gasteiger partial charge >= 0.3 is 0 Å². The lowest BCUT2D eigenvalue weighted by atomic mass is 10.1. The monoisotopic (exact) mass is 620 g/mol. The summed E-state index contributed by atoms with van der Waals surface area (Å²) in [7, 11) is 0. The molecule has 12 heteroatoms. The number of phenolic OH excluding ortho intramolecular Hbond substituents is 2. The number of carbonyl (C=O) groups is 4. The molecule has 1 amide bonds. The van der Waals surface area contributed by atoms with Gasteiger partial charge in [0.1, 0.15) is 18.2 Å². The molecule has 2 aromatic carbocycles. The standard InChI is InChI=1S/C29H36N2O7S3/c1-39-25-16-26(30-18-38-19-32)31(17-25)27(35)5-3-2-4-24(41-29(37)21-8-12-23(34)13-9-21)14-15-40-28(36)20-6-10-22(33)11-7-20/h6-13,19,24-26,30,33-34H,2-5,14-18H2,1H3. The Bertz CT molecular complexity index is 1150. The van der Waals surface area contributed by atoms with Crippen LogP contribution in [-0.2, 0) is 14.3 Å². The van der Waals surface area contributed by atoms with Crippen LogP contribution in [0.3, 0.4) is 0 Å². The summed E-state index contributed by atoms with van der Waals surface area (Å²) >= 11 is 4.12. The highest BCUT2D eigenvalue weighted by atomic mass is 32.2. The van der Waals surface area contributed by atoms with Crippen molar-refractivity contribution in [2.45, 2.75) is 55.2 Å². The third-order valence-electron chi connectivity index (χ3n) is 6.71. The molecule has 3 rings (SSSR count). The number of amides is 1. The van der Waals surface area contributed by atoms with Crippen molar-refractivity contribution in [1.29, 1.82) is 0 Å². The van der Waals surface area contributed by atoms with E-state index >= 15 is 0 Å². The fraction of sp³-hybridized carbons (Fsp3) is 0.448. The van der Waals surface area contributed by atoms with E-state index in [1.165, 1.54) is 47.8 Å². The van der Waals surface area contributed by atoms with Gasteiger partial charge in [-0.1, -0.05) is 29.9 Å². The quantitative estimate of drug-likeness (QED) is 0.135. The number of thioether (sulfide) groups is 3. The van der Waals surface area contributed by atoms with Crippen LogP contribution in [0.2, 0.25) is 0 Å². The first-order valence-corrected chi connectivity index (χ1v) is 16.5. The lowest BCUT2D eigenvalue weighted by Gasteiger charge is -2.25. The second kappa shape index (κ2) is 17.3. The molecule has 0 aromatic heterocycles. The zero-order chi connectivity index (χ0) is 29.6. The molecule has 9 nitrogen and oxygen atoms in total. The average Bonchev–Trinajstić information content (AvgIpc) is 3.39. The first-order chi connectivity index (χ1) is 19.8. The van der Waals surface area contributed by atoms with Crippen LogP contribution >= 0.6 is 35.3 Å².